The molecule has 5 N–H and O–H groups in total. The summed E-state index contributed by atoms with van der Waals surface area (Å²) in [6.07, 6.45) is 11.3. The number of para-hydroxylation sites is 1. The quantitative estimate of drug-likeness (QED) is 0.347. The number of amides is 1. The predicted molar refractivity (Wildman–Crippen MR) is 132 cm³/mol. The molecule has 9 nitrogen and oxygen atoms in total. The average Bonchev–Trinajstić information content (AvgIpc) is 3.29. The van der Waals surface area contributed by atoms with Gasteiger partial charge in [0.25, 0.3) is 5.91 Å². The maximum atomic E-state index is 12.5. The van der Waals surface area contributed by atoms with E-state index in [1.165, 1.54) is 12.4 Å². The Balaban J connectivity index is 1.30. The van der Waals surface area contributed by atoms with Gasteiger partial charge in [0.1, 0.15) is 0 Å². The summed E-state index contributed by atoms with van der Waals surface area (Å²) in [6.45, 7) is 2.11. The zero-order valence-electron chi connectivity index (χ0n) is 19.1. The van der Waals surface area contributed by atoms with Crippen LogP contribution < -0.4 is 16.4 Å². The molecule has 2 atom stereocenters. The van der Waals surface area contributed by atoms with Gasteiger partial charge in [-0.05, 0) is 43.7 Å². The second-order valence-corrected chi connectivity index (χ2v) is 8.69. The summed E-state index contributed by atoms with van der Waals surface area (Å²) in [6, 6.07) is 8.43. The third-order valence-corrected chi connectivity index (χ3v) is 6.31. The van der Waals surface area contributed by atoms with Crippen molar-refractivity contribution >= 4 is 28.4 Å². The molecule has 9 heteroatoms. The van der Waals surface area contributed by atoms with Crippen LogP contribution in [0.3, 0.4) is 0 Å². The predicted octanol–water partition coefficient (Wildman–Crippen LogP) is 3.71. The van der Waals surface area contributed by atoms with Crippen LogP contribution in [-0.4, -0.2) is 42.9 Å². The summed E-state index contributed by atoms with van der Waals surface area (Å²) in [7, 11) is 0. The van der Waals surface area contributed by atoms with Gasteiger partial charge in [0.05, 0.1) is 23.8 Å². The fourth-order valence-corrected chi connectivity index (χ4v) is 4.58. The fourth-order valence-electron chi connectivity index (χ4n) is 4.58. The molecule has 3 heterocycles. The summed E-state index contributed by atoms with van der Waals surface area (Å²) >= 11 is 0. The zero-order valence-corrected chi connectivity index (χ0v) is 19.1. The molecule has 0 radical (unpaired) electrons. The van der Waals surface area contributed by atoms with Gasteiger partial charge in [0.2, 0.25) is 11.8 Å². The molecule has 4 aromatic rings. The second-order valence-electron chi connectivity index (χ2n) is 8.69. The van der Waals surface area contributed by atoms with Crippen LogP contribution in [-0.2, 0) is 6.42 Å². The first-order chi connectivity index (χ1) is 16.6. The van der Waals surface area contributed by atoms with E-state index < -0.39 is 0 Å². The van der Waals surface area contributed by atoms with Crippen LogP contribution in [0.5, 0.6) is 0 Å². The maximum absolute atomic E-state index is 12.5. The molecule has 1 aliphatic rings. The molecule has 1 fully saturated rings. The van der Waals surface area contributed by atoms with E-state index >= 15 is 0 Å². The Labute approximate surface area is 197 Å². The minimum atomic E-state index is -0.282. The topological polar surface area (TPSA) is 134 Å². The lowest BCUT2D eigenvalue weighted by Gasteiger charge is -2.30. The van der Waals surface area contributed by atoms with Gasteiger partial charge in [-0.15, -0.1) is 0 Å². The van der Waals surface area contributed by atoms with Crippen LogP contribution in [0.25, 0.3) is 22.2 Å². The van der Waals surface area contributed by atoms with Gasteiger partial charge in [-0.1, -0.05) is 25.1 Å². The smallest absolute Gasteiger partial charge is 0.289 e. The Morgan fingerprint density at radius 1 is 1.12 bits per heavy atom. The van der Waals surface area contributed by atoms with E-state index in [1.54, 1.807) is 0 Å². The Morgan fingerprint density at radius 2 is 1.91 bits per heavy atom. The second kappa shape index (κ2) is 9.46. The third kappa shape index (κ3) is 4.54. The summed E-state index contributed by atoms with van der Waals surface area (Å²) in [4.78, 5) is 33.4. The van der Waals surface area contributed by atoms with Crippen molar-refractivity contribution in [1.29, 1.82) is 0 Å². The molecule has 3 aromatic heterocycles. The van der Waals surface area contributed by atoms with Crippen molar-refractivity contribution in [2.45, 2.75) is 51.1 Å². The number of aryl methyl sites for hydroxylation is 1. The standard InChI is InChI=1S/C25H28N8O/c1-2-15-11-30-25(33-22(15)20-14-27-21-9-4-3-8-19(20)21)32-18-7-5-6-17(10-18)31-24(34)23-28-12-16(26)13-29-23/h3-4,8-9,11-14,17-18,27H,2,5-7,10,26H2,1H3,(H,31,34)(H,30,32,33). The van der Waals surface area contributed by atoms with E-state index in [2.05, 4.69) is 49.6 Å². The van der Waals surface area contributed by atoms with Crippen LogP contribution in [0.1, 0.15) is 48.8 Å². The van der Waals surface area contributed by atoms with Crippen molar-refractivity contribution in [3.05, 3.63) is 60.4 Å². The Morgan fingerprint density at radius 3 is 2.74 bits per heavy atom. The number of carbonyl (C=O) groups excluding carboxylic acids is 1. The first-order valence-electron chi connectivity index (χ1n) is 11.7. The SMILES string of the molecule is CCc1cnc(NC2CCCC(NC(=O)c3ncc(N)cn3)C2)nc1-c1c[nH]c2ccccc12. The van der Waals surface area contributed by atoms with Gasteiger partial charge in [-0.25, -0.2) is 19.9 Å². The fraction of sp³-hybridized carbons (Fsp3) is 0.320. The van der Waals surface area contributed by atoms with Gasteiger partial charge in [0, 0.05) is 40.9 Å². The highest BCUT2D eigenvalue weighted by Gasteiger charge is 2.25. The van der Waals surface area contributed by atoms with Crippen molar-refractivity contribution < 1.29 is 4.79 Å². The molecule has 1 aromatic carbocycles. The molecule has 34 heavy (non-hydrogen) atoms. The lowest BCUT2D eigenvalue weighted by Crippen LogP contribution is -2.42. The number of aromatic amines is 1. The van der Waals surface area contributed by atoms with Gasteiger partial charge in [-0.2, -0.15) is 0 Å². The number of carbonyl (C=O) groups is 1. The van der Waals surface area contributed by atoms with E-state index in [9.17, 15) is 4.79 Å². The molecule has 0 saturated heterocycles. The molecule has 174 valence electrons. The number of aromatic nitrogens is 5. The molecule has 1 amide bonds. The number of hydrogen-bond acceptors (Lipinski definition) is 7. The lowest BCUT2D eigenvalue weighted by molar-refractivity contribution is 0.0916. The number of anilines is 2. The molecule has 0 bridgehead atoms. The van der Waals surface area contributed by atoms with Crippen LogP contribution in [0.2, 0.25) is 0 Å². The molecular formula is C25H28N8O. The van der Waals surface area contributed by atoms with E-state index in [0.717, 1.165) is 59.8 Å². The van der Waals surface area contributed by atoms with Crippen LogP contribution in [0.4, 0.5) is 11.6 Å². The van der Waals surface area contributed by atoms with Gasteiger partial charge in [-0.3, -0.25) is 4.79 Å². The minimum absolute atomic E-state index is 0.0305. The highest BCUT2D eigenvalue weighted by atomic mass is 16.2. The normalized spacial score (nSPS) is 18.0. The monoisotopic (exact) mass is 456 g/mol. The van der Waals surface area contributed by atoms with Crippen molar-refractivity contribution in [3.8, 4) is 11.3 Å². The first kappa shape index (κ1) is 21.8. The summed E-state index contributed by atoms with van der Waals surface area (Å²) in [5.41, 5.74) is 10.3. The molecular weight excluding hydrogens is 428 g/mol. The van der Waals surface area contributed by atoms with Crippen molar-refractivity contribution in [1.82, 2.24) is 30.2 Å². The van der Waals surface area contributed by atoms with Crippen LogP contribution >= 0.6 is 0 Å². The molecule has 1 aliphatic carbocycles. The Hall–Kier alpha value is -4.01. The van der Waals surface area contributed by atoms with E-state index in [0.29, 0.717) is 11.6 Å². The summed E-state index contributed by atoms with van der Waals surface area (Å²) in [5, 5.41) is 7.70. The molecule has 2 unspecified atom stereocenters. The molecule has 5 rings (SSSR count). The highest BCUT2D eigenvalue weighted by molar-refractivity contribution is 5.95. The lowest BCUT2D eigenvalue weighted by atomic mass is 9.91. The third-order valence-electron chi connectivity index (χ3n) is 6.31. The number of H-pyrrole nitrogens is 1. The van der Waals surface area contributed by atoms with E-state index in [4.69, 9.17) is 10.7 Å². The van der Waals surface area contributed by atoms with Crippen LogP contribution in [0.15, 0.2) is 49.1 Å². The minimum Gasteiger partial charge on any atom is -0.396 e. The number of nitrogens with two attached hydrogens (primary N) is 1. The number of nitrogen functional groups attached to an aromatic ring is 1. The van der Waals surface area contributed by atoms with Crippen molar-refractivity contribution in [2.24, 2.45) is 0 Å². The number of benzene rings is 1. The molecule has 0 spiro atoms. The number of nitrogens with one attached hydrogen (secondary N) is 3. The van der Waals surface area contributed by atoms with Gasteiger partial charge >= 0.3 is 0 Å². The number of rotatable bonds is 6. The average molecular weight is 457 g/mol. The number of fused-ring (bicyclic) bond motifs is 1. The summed E-state index contributed by atoms with van der Waals surface area (Å²) in [5.74, 6) is 0.457. The van der Waals surface area contributed by atoms with Gasteiger partial charge in [0.15, 0.2) is 0 Å². The molecule has 1 saturated carbocycles. The molecule has 0 aliphatic heterocycles. The first-order valence-corrected chi connectivity index (χ1v) is 11.7. The van der Waals surface area contributed by atoms with Gasteiger partial charge < -0.3 is 21.4 Å². The zero-order chi connectivity index (χ0) is 23.5. The maximum Gasteiger partial charge on any atom is 0.289 e. The summed E-state index contributed by atoms with van der Waals surface area (Å²) < 4.78 is 0. The van der Waals surface area contributed by atoms with Crippen molar-refractivity contribution in [2.75, 3.05) is 11.1 Å². The Bertz CT molecular complexity index is 1300. The van der Waals surface area contributed by atoms with Crippen molar-refractivity contribution in [3.63, 3.8) is 0 Å². The number of hydrogen-bond donors (Lipinski definition) is 4. The number of nitrogens with zero attached hydrogens (tertiary/aromatic N) is 4. The van der Waals surface area contributed by atoms with E-state index in [1.807, 2.05) is 24.5 Å². The largest absolute Gasteiger partial charge is 0.396 e. The Kier molecular flexibility index (Phi) is 6.07. The van der Waals surface area contributed by atoms with E-state index in [-0.39, 0.29) is 23.8 Å². The van der Waals surface area contributed by atoms with Crippen LogP contribution in [0, 0.1) is 0 Å². The highest BCUT2D eigenvalue weighted by Crippen LogP contribution is 2.31.